The van der Waals surface area contributed by atoms with Crippen LogP contribution in [0.25, 0.3) is 10.9 Å². The summed E-state index contributed by atoms with van der Waals surface area (Å²) >= 11 is 3.51. The molecule has 0 aliphatic rings. The van der Waals surface area contributed by atoms with E-state index < -0.39 is 0 Å². The van der Waals surface area contributed by atoms with Crippen molar-refractivity contribution in [2.45, 2.75) is 6.54 Å². The van der Waals surface area contributed by atoms with Gasteiger partial charge in [-0.15, -0.1) is 0 Å². The normalized spacial score (nSPS) is 10.8. The van der Waals surface area contributed by atoms with Gasteiger partial charge < -0.3 is 10.6 Å². The summed E-state index contributed by atoms with van der Waals surface area (Å²) in [4.78, 5) is 6.55. The average molecular weight is 342 g/mol. The molecule has 2 aromatic carbocycles. The maximum Gasteiger partial charge on any atom is 0.0745 e. The number of rotatable bonds is 3. The van der Waals surface area contributed by atoms with Crippen molar-refractivity contribution in [1.29, 1.82) is 0 Å². The van der Waals surface area contributed by atoms with Crippen LogP contribution in [0.4, 0.5) is 11.4 Å². The van der Waals surface area contributed by atoms with Gasteiger partial charge in [-0.05, 0) is 23.8 Å². The van der Waals surface area contributed by atoms with Crippen molar-refractivity contribution in [1.82, 2.24) is 4.98 Å². The molecule has 0 saturated carbocycles. The van der Waals surface area contributed by atoms with Gasteiger partial charge in [0.15, 0.2) is 0 Å². The molecule has 0 aliphatic heterocycles. The molecule has 1 aromatic heterocycles. The fourth-order valence-corrected chi connectivity index (χ4v) is 3.00. The first-order chi connectivity index (χ1) is 10.1. The minimum atomic E-state index is 0.700. The van der Waals surface area contributed by atoms with Crippen molar-refractivity contribution in [3.63, 3.8) is 0 Å². The van der Waals surface area contributed by atoms with Gasteiger partial charge in [-0.2, -0.15) is 0 Å². The van der Waals surface area contributed by atoms with Crippen LogP contribution in [-0.2, 0) is 6.54 Å². The highest BCUT2D eigenvalue weighted by atomic mass is 79.9. The molecule has 0 fully saturated rings. The number of nitrogens with two attached hydrogens (primary N) is 1. The number of hydrogen-bond acceptors (Lipinski definition) is 3. The van der Waals surface area contributed by atoms with Crippen molar-refractivity contribution in [3.05, 3.63) is 64.8 Å². The largest absolute Gasteiger partial charge is 0.396 e. The highest BCUT2D eigenvalue weighted by Crippen LogP contribution is 2.31. The zero-order valence-corrected chi connectivity index (χ0v) is 13.3. The molecule has 3 aromatic rings. The zero-order valence-electron chi connectivity index (χ0n) is 11.8. The topological polar surface area (TPSA) is 42.1 Å². The summed E-state index contributed by atoms with van der Waals surface area (Å²) in [6.45, 7) is 0.789. The van der Waals surface area contributed by atoms with Crippen LogP contribution in [0.5, 0.6) is 0 Å². The summed E-state index contributed by atoms with van der Waals surface area (Å²) in [5.74, 6) is 0. The number of nitrogens with zero attached hydrogens (tertiary/aromatic N) is 2. The smallest absolute Gasteiger partial charge is 0.0745 e. The summed E-state index contributed by atoms with van der Waals surface area (Å²) < 4.78 is 1.08. The Morgan fingerprint density at radius 3 is 2.76 bits per heavy atom. The lowest BCUT2D eigenvalue weighted by Gasteiger charge is -2.23. The van der Waals surface area contributed by atoms with Crippen LogP contribution in [0, 0.1) is 0 Å². The maximum absolute atomic E-state index is 6.16. The molecule has 106 valence electrons. The number of pyridine rings is 1. The second-order valence-electron chi connectivity index (χ2n) is 5.07. The molecule has 0 amide bonds. The molecule has 3 nitrogen and oxygen atoms in total. The van der Waals surface area contributed by atoms with Gasteiger partial charge in [0, 0.05) is 23.5 Å². The van der Waals surface area contributed by atoms with Gasteiger partial charge in [-0.3, -0.25) is 4.98 Å². The number of anilines is 2. The molecule has 0 spiro atoms. The summed E-state index contributed by atoms with van der Waals surface area (Å²) in [6, 6.07) is 16.4. The van der Waals surface area contributed by atoms with Crippen LogP contribution in [-0.4, -0.2) is 12.0 Å². The molecule has 0 saturated heterocycles. The Morgan fingerprint density at radius 1 is 1.14 bits per heavy atom. The van der Waals surface area contributed by atoms with Crippen molar-refractivity contribution >= 4 is 38.2 Å². The molecular formula is C17H16BrN3. The zero-order chi connectivity index (χ0) is 14.8. The number of para-hydroxylation sites is 1. The lowest BCUT2D eigenvalue weighted by molar-refractivity contribution is 0.928. The molecule has 0 aliphatic carbocycles. The third-order valence-corrected chi connectivity index (χ3v) is 3.96. The average Bonchev–Trinajstić information content (AvgIpc) is 2.47. The lowest BCUT2D eigenvalue weighted by atomic mass is 10.1. The lowest BCUT2D eigenvalue weighted by Crippen LogP contribution is -2.18. The molecule has 2 N–H and O–H groups in total. The first-order valence-corrected chi connectivity index (χ1v) is 7.53. The predicted octanol–water partition coefficient (Wildman–Crippen LogP) is 4.22. The number of aromatic nitrogens is 1. The highest BCUT2D eigenvalue weighted by molar-refractivity contribution is 9.10. The fourth-order valence-electron chi connectivity index (χ4n) is 2.56. The van der Waals surface area contributed by atoms with E-state index >= 15 is 0 Å². The number of nitrogen functional groups attached to an aromatic ring is 1. The highest BCUT2D eigenvalue weighted by Gasteiger charge is 2.11. The Morgan fingerprint density at radius 2 is 1.95 bits per heavy atom. The molecule has 3 rings (SSSR count). The van der Waals surface area contributed by atoms with Crippen LogP contribution in [0.1, 0.15) is 5.56 Å². The molecule has 0 unspecified atom stereocenters. The Bertz CT molecular complexity index is 786. The summed E-state index contributed by atoms with van der Waals surface area (Å²) in [6.07, 6.45) is 1.73. The van der Waals surface area contributed by atoms with E-state index in [1.54, 1.807) is 6.20 Å². The number of hydrogen-bond donors (Lipinski definition) is 1. The van der Waals surface area contributed by atoms with E-state index in [0.717, 1.165) is 27.6 Å². The first kappa shape index (κ1) is 13.9. The van der Waals surface area contributed by atoms with E-state index in [2.05, 4.69) is 51.1 Å². The molecule has 0 atom stereocenters. The number of benzene rings is 2. The molecule has 0 bridgehead atoms. The van der Waals surface area contributed by atoms with E-state index in [9.17, 15) is 0 Å². The Balaban J connectivity index is 2.01. The van der Waals surface area contributed by atoms with Gasteiger partial charge in [-0.25, -0.2) is 0 Å². The molecule has 4 heteroatoms. The Hall–Kier alpha value is -2.07. The van der Waals surface area contributed by atoms with Gasteiger partial charge >= 0.3 is 0 Å². The summed E-state index contributed by atoms with van der Waals surface area (Å²) in [7, 11) is 2.05. The van der Waals surface area contributed by atoms with Crippen LogP contribution in [0.2, 0.25) is 0 Å². The van der Waals surface area contributed by atoms with Crippen LogP contribution in [0.3, 0.4) is 0 Å². The third kappa shape index (κ3) is 2.85. The van der Waals surface area contributed by atoms with Crippen molar-refractivity contribution < 1.29 is 0 Å². The van der Waals surface area contributed by atoms with Crippen molar-refractivity contribution in [2.75, 3.05) is 17.7 Å². The molecular weight excluding hydrogens is 326 g/mol. The Kier molecular flexibility index (Phi) is 3.80. The first-order valence-electron chi connectivity index (χ1n) is 6.74. The monoisotopic (exact) mass is 341 g/mol. The number of fused-ring (bicyclic) bond motifs is 1. The van der Waals surface area contributed by atoms with Gasteiger partial charge in [0.1, 0.15) is 0 Å². The molecule has 1 heterocycles. The van der Waals surface area contributed by atoms with E-state index in [1.165, 1.54) is 5.56 Å². The molecule has 0 radical (unpaired) electrons. The van der Waals surface area contributed by atoms with Crippen LogP contribution < -0.4 is 10.6 Å². The minimum Gasteiger partial charge on any atom is -0.396 e. The van der Waals surface area contributed by atoms with Crippen LogP contribution in [0.15, 0.2) is 59.2 Å². The van der Waals surface area contributed by atoms with E-state index in [1.807, 2.05) is 30.3 Å². The summed E-state index contributed by atoms with van der Waals surface area (Å²) in [5, 5.41) is 1.08. The summed E-state index contributed by atoms with van der Waals surface area (Å²) in [5.41, 5.74) is 10.1. The standard InChI is InChI=1S/C17H16BrN3/c1-21(11-12-5-4-6-13(18)9-12)17-14-7-2-3-8-16(14)20-10-15(17)19/h2-10H,11,19H2,1H3. The predicted molar refractivity (Wildman–Crippen MR) is 92.4 cm³/mol. The number of halogens is 1. The van der Waals surface area contributed by atoms with Gasteiger partial charge in [0.25, 0.3) is 0 Å². The van der Waals surface area contributed by atoms with Crippen molar-refractivity contribution in [2.24, 2.45) is 0 Å². The second kappa shape index (κ2) is 5.74. The quantitative estimate of drug-likeness (QED) is 0.775. The minimum absolute atomic E-state index is 0.700. The van der Waals surface area contributed by atoms with E-state index in [4.69, 9.17) is 5.73 Å². The SMILES string of the molecule is CN(Cc1cccc(Br)c1)c1c(N)cnc2ccccc12. The van der Waals surface area contributed by atoms with Gasteiger partial charge in [0.05, 0.1) is 23.1 Å². The molecule has 21 heavy (non-hydrogen) atoms. The second-order valence-corrected chi connectivity index (χ2v) is 5.98. The van der Waals surface area contributed by atoms with E-state index in [-0.39, 0.29) is 0 Å². The maximum atomic E-state index is 6.16. The fraction of sp³-hybridized carbons (Fsp3) is 0.118. The third-order valence-electron chi connectivity index (χ3n) is 3.47. The van der Waals surface area contributed by atoms with E-state index in [0.29, 0.717) is 5.69 Å². The van der Waals surface area contributed by atoms with Crippen LogP contribution >= 0.6 is 15.9 Å². The van der Waals surface area contributed by atoms with Gasteiger partial charge in [0.2, 0.25) is 0 Å². The van der Waals surface area contributed by atoms with Crippen molar-refractivity contribution in [3.8, 4) is 0 Å². The van der Waals surface area contributed by atoms with Gasteiger partial charge in [-0.1, -0.05) is 46.3 Å². The Labute approximate surface area is 132 Å².